The van der Waals surface area contributed by atoms with Crippen LogP contribution in [0.25, 0.3) is 0 Å². The average molecular weight is 237 g/mol. The number of halogens is 1. The van der Waals surface area contributed by atoms with Crippen LogP contribution in [-0.4, -0.2) is 10.3 Å². The predicted octanol–water partition coefficient (Wildman–Crippen LogP) is 2.19. The van der Waals surface area contributed by atoms with Crippen molar-refractivity contribution in [3.05, 3.63) is 47.1 Å². The van der Waals surface area contributed by atoms with E-state index in [2.05, 4.69) is 5.16 Å². The van der Waals surface area contributed by atoms with Crippen LogP contribution in [0.1, 0.15) is 17.0 Å². The zero-order valence-electron chi connectivity index (χ0n) is 9.31. The van der Waals surface area contributed by atoms with Gasteiger partial charge in [0, 0.05) is 6.07 Å². The molecule has 2 rings (SSSR count). The van der Waals surface area contributed by atoms with E-state index < -0.39 is 5.82 Å². The second-order valence-electron chi connectivity index (χ2n) is 3.65. The molecule has 0 aliphatic carbocycles. The van der Waals surface area contributed by atoms with Crippen LogP contribution in [0.3, 0.4) is 0 Å². The van der Waals surface area contributed by atoms with E-state index in [1.54, 1.807) is 19.1 Å². The first kappa shape index (κ1) is 11.6. The van der Waals surface area contributed by atoms with Crippen molar-refractivity contribution in [1.29, 1.82) is 0 Å². The van der Waals surface area contributed by atoms with Crippen LogP contribution in [0.5, 0.6) is 5.75 Å². The molecule has 0 saturated carbocycles. The number of hydrogen-bond donors (Lipinski definition) is 1. The summed E-state index contributed by atoms with van der Waals surface area (Å²) in [7, 11) is 0. The number of aliphatic hydroxyl groups is 1. The van der Waals surface area contributed by atoms with Crippen LogP contribution >= 0.6 is 0 Å². The normalized spacial score (nSPS) is 10.5. The largest absolute Gasteiger partial charge is 0.482 e. The van der Waals surface area contributed by atoms with Crippen molar-refractivity contribution in [3.63, 3.8) is 0 Å². The standard InChI is InChI=1S/C12H12FNO3/c1-8-4-10(17-14-8)7-16-12-3-2-9(6-15)5-11(12)13/h2-5,15H,6-7H2,1H3. The molecule has 1 N–H and O–H groups in total. The first-order valence-corrected chi connectivity index (χ1v) is 5.13. The Morgan fingerprint density at radius 1 is 1.41 bits per heavy atom. The summed E-state index contributed by atoms with van der Waals surface area (Å²) < 4.78 is 23.6. The molecule has 1 aromatic carbocycles. The highest BCUT2D eigenvalue weighted by Crippen LogP contribution is 2.19. The molecule has 0 spiro atoms. The van der Waals surface area contributed by atoms with Crippen molar-refractivity contribution in [2.75, 3.05) is 0 Å². The second kappa shape index (κ2) is 4.97. The van der Waals surface area contributed by atoms with E-state index in [1.165, 1.54) is 12.1 Å². The van der Waals surface area contributed by atoms with Gasteiger partial charge < -0.3 is 14.4 Å². The molecule has 5 heteroatoms. The molecule has 2 aromatic rings. The third-order valence-electron chi connectivity index (χ3n) is 2.23. The maximum absolute atomic E-state index is 13.5. The summed E-state index contributed by atoms with van der Waals surface area (Å²) in [5.74, 6) is 0.150. The number of hydrogen-bond acceptors (Lipinski definition) is 4. The van der Waals surface area contributed by atoms with Crippen LogP contribution in [0.4, 0.5) is 4.39 Å². The Balaban J connectivity index is 2.04. The molecule has 0 atom stereocenters. The lowest BCUT2D eigenvalue weighted by molar-refractivity contribution is 0.239. The van der Waals surface area contributed by atoms with E-state index >= 15 is 0 Å². The monoisotopic (exact) mass is 237 g/mol. The van der Waals surface area contributed by atoms with Gasteiger partial charge in [0.1, 0.15) is 6.61 Å². The summed E-state index contributed by atoms with van der Waals surface area (Å²) >= 11 is 0. The number of aliphatic hydroxyl groups excluding tert-OH is 1. The van der Waals surface area contributed by atoms with Crippen LogP contribution in [-0.2, 0) is 13.2 Å². The van der Waals surface area contributed by atoms with E-state index in [-0.39, 0.29) is 19.0 Å². The van der Waals surface area contributed by atoms with Gasteiger partial charge in [0.2, 0.25) is 0 Å². The van der Waals surface area contributed by atoms with Gasteiger partial charge >= 0.3 is 0 Å². The average Bonchev–Trinajstić information content (AvgIpc) is 2.73. The Morgan fingerprint density at radius 2 is 2.24 bits per heavy atom. The number of ether oxygens (including phenoxy) is 1. The van der Waals surface area contributed by atoms with Crippen LogP contribution in [0, 0.1) is 12.7 Å². The number of benzene rings is 1. The fourth-order valence-electron chi connectivity index (χ4n) is 1.39. The van der Waals surface area contributed by atoms with Gasteiger partial charge in [-0.2, -0.15) is 0 Å². The molecule has 0 unspecified atom stereocenters. The Bertz CT molecular complexity index is 510. The number of aryl methyl sites for hydroxylation is 1. The van der Waals surface area contributed by atoms with Gasteiger partial charge in [-0.25, -0.2) is 4.39 Å². The van der Waals surface area contributed by atoms with Crippen molar-refractivity contribution >= 4 is 0 Å². The Kier molecular flexibility index (Phi) is 3.39. The van der Waals surface area contributed by atoms with Gasteiger partial charge in [0.15, 0.2) is 17.3 Å². The first-order valence-electron chi connectivity index (χ1n) is 5.13. The molecule has 0 bridgehead atoms. The lowest BCUT2D eigenvalue weighted by atomic mass is 10.2. The molecule has 0 radical (unpaired) electrons. The lowest BCUT2D eigenvalue weighted by Gasteiger charge is -2.05. The number of aromatic nitrogens is 1. The SMILES string of the molecule is Cc1cc(COc2ccc(CO)cc2F)on1. The highest BCUT2D eigenvalue weighted by atomic mass is 19.1. The predicted molar refractivity (Wildman–Crippen MR) is 57.9 cm³/mol. The van der Waals surface area contributed by atoms with Crippen molar-refractivity contribution in [1.82, 2.24) is 5.16 Å². The molecule has 1 heterocycles. The Morgan fingerprint density at radius 3 is 2.82 bits per heavy atom. The van der Waals surface area contributed by atoms with Crippen molar-refractivity contribution in [2.45, 2.75) is 20.1 Å². The van der Waals surface area contributed by atoms with Gasteiger partial charge in [-0.05, 0) is 24.6 Å². The van der Waals surface area contributed by atoms with Crippen LogP contribution in [0.2, 0.25) is 0 Å². The van der Waals surface area contributed by atoms with Crippen molar-refractivity contribution in [3.8, 4) is 5.75 Å². The summed E-state index contributed by atoms with van der Waals surface area (Å²) in [5, 5.41) is 12.5. The topological polar surface area (TPSA) is 55.5 Å². The molecule has 1 aromatic heterocycles. The molecule has 0 aliphatic rings. The van der Waals surface area contributed by atoms with Crippen LogP contribution in [0.15, 0.2) is 28.8 Å². The van der Waals surface area contributed by atoms with E-state index in [9.17, 15) is 4.39 Å². The van der Waals surface area contributed by atoms with E-state index in [0.29, 0.717) is 11.3 Å². The third kappa shape index (κ3) is 2.82. The molecule has 0 aliphatic heterocycles. The number of nitrogens with zero attached hydrogens (tertiary/aromatic N) is 1. The molecule has 17 heavy (non-hydrogen) atoms. The zero-order valence-corrected chi connectivity index (χ0v) is 9.31. The summed E-state index contributed by atoms with van der Waals surface area (Å²) in [5.41, 5.74) is 1.25. The molecule has 0 saturated heterocycles. The van der Waals surface area contributed by atoms with Gasteiger partial charge in [-0.15, -0.1) is 0 Å². The van der Waals surface area contributed by atoms with Crippen LogP contribution < -0.4 is 4.74 Å². The van der Waals surface area contributed by atoms with Crippen molar-refractivity contribution < 1.29 is 18.8 Å². The smallest absolute Gasteiger partial charge is 0.174 e. The molecular formula is C12H12FNO3. The minimum Gasteiger partial charge on any atom is -0.482 e. The summed E-state index contributed by atoms with van der Waals surface area (Å²) in [6.45, 7) is 1.72. The third-order valence-corrected chi connectivity index (χ3v) is 2.23. The summed E-state index contributed by atoms with van der Waals surface area (Å²) in [6, 6.07) is 6.04. The highest BCUT2D eigenvalue weighted by Gasteiger charge is 2.07. The lowest BCUT2D eigenvalue weighted by Crippen LogP contribution is -1.97. The van der Waals surface area contributed by atoms with Crippen molar-refractivity contribution in [2.24, 2.45) is 0 Å². The van der Waals surface area contributed by atoms with E-state index in [4.69, 9.17) is 14.4 Å². The maximum Gasteiger partial charge on any atom is 0.174 e. The molecule has 0 fully saturated rings. The summed E-state index contributed by atoms with van der Waals surface area (Å²) in [6.07, 6.45) is 0. The fraction of sp³-hybridized carbons (Fsp3) is 0.250. The fourth-order valence-corrected chi connectivity index (χ4v) is 1.39. The Hall–Kier alpha value is -1.88. The summed E-state index contributed by atoms with van der Waals surface area (Å²) in [4.78, 5) is 0. The van der Waals surface area contributed by atoms with Gasteiger partial charge in [-0.3, -0.25) is 0 Å². The van der Waals surface area contributed by atoms with E-state index in [1.807, 2.05) is 0 Å². The maximum atomic E-state index is 13.5. The quantitative estimate of drug-likeness (QED) is 0.885. The van der Waals surface area contributed by atoms with Gasteiger partial charge in [0.05, 0.1) is 12.3 Å². The van der Waals surface area contributed by atoms with Gasteiger partial charge in [-0.1, -0.05) is 11.2 Å². The Labute approximate surface area is 97.6 Å². The molecular weight excluding hydrogens is 225 g/mol. The number of rotatable bonds is 4. The minimum absolute atomic E-state index is 0.121. The second-order valence-corrected chi connectivity index (χ2v) is 3.65. The van der Waals surface area contributed by atoms with Gasteiger partial charge in [0.25, 0.3) is 0 Å². The molecule has 0 amide bonds. The minimum atomic E-state index is -0.507. The zero-order chi connectivity index (χ0) is 12.3. The van der Waals surface area contributed by atoms with E-state index in [0.717, 1.165) is 5.69 Å². The molecule has 90 valence electrons. The first-order chi connectivity index (χ1) is 8.19. The molecule has 4 nitrogen and oxygen atoms in total. The highest BCUT2D eigenvalue weighted by molar-refractivity contribution is 5.29.